The van der Waals surface area contributed by atoms with Crippen LogP contribution in [0.5, 0.6) is 0 Å². The number of ketones is 1. The summed E-state index contributed by atoms with van der Waals surface area (Å²) in [6, 6.07) is 5.32. The van der Waals surface area contributed by atoms with Crippen molar-refractivity contribution in [2.75, 3.05) is 0 Å². The highest BCUT2D eigenvalue weighted by molar-refractivity contribution is 6.06. The van der Waals surface area contributed by atoms with E-state index in [-0.39, 0.29) is 5.78 Å². The average molecular weight is 213 g/mol. The minimum atomic E-state index is -0.0608. The van der Waals surface area contributed by atoms with Crippen LogP contribution in [0.4, 0.5) is 0 Å². The second kappa shape index (κ2) is 4.53. The Hall–Kier alpha value is -2.23. The summed E-state index contributed by atoms with van der Waals surface area (Å²) in [7, 11) is 1.83. The molecule has 4 nitrogen and oxygen atoms in total. The molecule has 0 saturated carbocycles. The molecular formula is C12H11N3O. The summed E-state index contributed by atoms with van der Waals surface area (Å²) in [4.78, 5) is 15.6. The van der Waals surface area contributed by atoms with E-state index >= 15 is 0 Å². The Kier molecular flexibility index (Phi) is 2.91. The van der Waals surface area contributed by atoms with Crippen molar-refractivity contribution in [3.8, 4) is 0 Å². The van der Waals surface area contributed by atoms with Crippen LogP contribution in [0.2, 0.25) is 0 Å². The maximum atomic E-state index is 11.7. The quantitative estimate of drug-likeness (QED) is 0.576. The first kappa shape index (κ1) is 10.3. The summed E-state index contributed by atoms with van der Waals surface area (Å²) in [5.74, 6) is -0.0608. The lowest BCUT2D eigenvalue weighted by atomic mass is 10.2. The van der Waals surface area contributed by atoms with Gasteiger partial charge in [-0.15, -0.1) is 0 Å². The van der Waals surface area contributed by atoms with E-state index in [4.69, 9.17) is 0 Å². The third-order valence-corrected chi connectivity index (χ3v) is 2.21. The molecule has 0 aliphatic rings. The van der Waals surface area contributed by atoms with Crippen LogP contribution in [0, 0.1) is 0 Å². The topological polar surface area (TPSA) is 47.8 Å². The second-order valence-electron chi connectivity index (χ2n) is 3.32. The van der Waals surface area contributed by atoms with Crippen LogP contribution < -0.4 is 0 Å². The summed E-state index contributed by atoms with van der Waals surface area (Å²) >= 11 is 0. The SMILES string of the molecule is Cn1nccc1C=CC(=O)c1cccnc1. The van der Waals surface area contributed by atoms with E-state index in [0.717, 1.165) is 5.69 Å². The zero-order chi connectivity index (χ0) is 11.4. The van der Waals surface area contributed by atoms with Gasteiger partial charge < -0.3 is 0 Å². The predicted molar refractivity (Wildman–Crippen MR) is 60.8 cm³/mol. The van der Waals surface area contributed by atoms with Gasteiger partial charge in [-0.1, -0.05) is 0 Å². The molecule has 0 bridgehead atoms. The maximum Gasteiger partial charge on any atom is 0.187 e. The summed E-state index contributed by atoms with van der Waals surface area (Å²) < 4.78 is 1.70. The molecule has 0 spiro atoms. The van der Waals surface area contributed by atoms with Crippen LogP contribution in [0.1, 0.15) is 16.1 Å². The Morgan fingerprint density at radius 3 is 2.88 bits per heavy atom. The molecule has 2 aromatic rings. The van der Waals surface area contributed by atoms with Crippen LogP contribution in [0.15, 0.2) is 42.9 Å². The lowest BCUT2D eigenvalue weighted by Gasteiger charge is -1.95. The van der Waals surface area contributed by atoms with Crippen molar-refractivity contribution >= 4 is 11.9 Å². The Bertz CT molecular complexity index is 514. The summed E-state index contributed by atoms with van der Waals surface area (Å²) in [5.41, 5.74) is 1.47. The van der Waals surface area contributed by atoms with E-state index in [1.807, 2.05) is 13.1 Å². The molecule has 0 aromatic carbocycles. The van der Waals surface area contributed by atoms with Gasteiger partial charge in [-0.2, -0.15) is 5.10 Å². The van der Waals surface area contributed by atoms with E-state index in [1.54, 1.807) is 41.5 Å². The number of nitrogens with zero attached hydrogens (tertiary/aromatic N) is 3. The van der Waals surface area contributed by atoms with E-state index in [1.165, 1.54) is 6.08 Å². The van der Waals surface area contributed by atoms with Crippen molar-refractivity contribution in [1.82, 2.24) is 14.8 Å². The predicted octanol–water partition coefficient (Wildman–Crippen LogP) is 1.71. The van der Waals surface area contributed by atoms with Gasteiger partial charge in [-0.25, -0.2) is 0 Å². The van der Waals surface area contributed by atoms with Crippen molar-refractivity contribution in [3.63, 3.8) is 0 Å². The third-order valence-electron chi connectivity index (χ3n) is 2.21. The van der Waals surface area contributed by atoms with Crippen molar-refractivity contribution in [2.45, 2.75) is 0 Å². The zero-order valence-electron chi connectivity index (χ0n) is 8.87. The third kappa shape index (κ3) is 2.23. The number of allylic oxidation sites excluding steroid dienone is 1. The Labute approximate surface area is 93.2 Å². The summed E-state index contributed by atoms with van der Waals surface area (Å²) in [6.45, 7) is 0. The molecular weight excluding hydrogens is 202 g/mol. The van der Waals surface area contributed by atoms with Gasteiger partial charge in [0.1, 0.15) is 0 Å². The lowest BCUT2D eigenvalue weighted by molar-refractivity contribution is 0.104. The van der Waals surface area contributed by atoms with E-state index in [0.29, 0.717) is 5.56 Å². The highest BCUT2D eigenvalue weighted by Gasteiger charge is 2.00. The van der Waals surface area contributed by atoms with Gasteiger partial charge in [0.25, 0.3) is 0 Å². The van der Waals surface area contributed by atoms with Gasteiger partial charge in [-0.3, -0.25) is 14.5 Å². The molecule has 2 aromatic heterocycles. The zero-order valence-corrected chi connectivity index (χ0v) is 8.87. The van der Waals surface area contributed by atoms with Crippen molar-refractivity contribution in [3.05, 3.63) is 54.1 Å². The Balaban J connectivity index is 2.15. The molecule has 0 atom stereocenters. The minimum absolute atomic E-state index is 0.0608. The number of carbonyl (C=O) groups is 1. The average Bonchev–Trinajstić information content (AvgIpc) is 2.73. The van der Waals surface area contributed by atoms with Gasteiger partial charge in [0, 0.05) is 31.2 Å². The van der Waals surface area contributed by atoms with Crippen LogP contribution in [-0.2, 0) is 7.05 Å². The fourth-order valence-electron chi connectivity index (χ4n) is 1.31. The largest absolute Gasteiger partial charge is 0.289 e. The molecule has 2 heterocycles. The van der Waals surface area contributed by atoms with Crippen LogP contribution >= 0.6 is 0 Å². The number of pyridine rings is 1. The fourth-order valence-corrected chi connectivity index (χ4v) is 1.31. The smallest absolute Gasteiger partial charge is 0.187 e. The molecule has 0 N–H and O–H groups in total. The number of hydrogen-bond donors (Lipinski definition) is 0. The number of aryl methyl sites for hydroxylation is 1. The molecule has 0 saturated heterocycles. The second-order valence-corrected chi connectivity index (χ2v) is 3.32. The molecule has 0 aliphatic heterocycles. The lowest BCUT2D eigenvalue weighted by Crippen LogP contribution is -1.96. The van der Waals surface area contributed by atoms with Crippen LogP contribution in [0.3, 0.4) is 0 Å². The first-order valence-corrected chi connectivity index (χ1v) is 4.88. The summed E-state index contributed by atoms with van der Waals surface area (Å²) in [6.07, 6.45) is 8.14. The molecule has 0 amide bonds. The van der Waals surface area contributed by atoms with E-state index in [2.05, 4.69) is 10.1 Å². The monoisotopic (exact) mass is 213 g/mol. The van der Waals surface area contributed by atoms with Gasteiger partial charge in [-0.05, 0) is 30.4 Å². The van der Waals surface area contributed by atoms with E-state index in [9.17, 15) is 4.79 Å². The molecule has 2 rings (SSSR count). The van der Waals surface area contributed by atoms with Gasteiger partial charge >= 0.3 is 0 Å². The highest BCUT2D eigenvalue weighted by atomic mass is 16.1. The van der Waals surface area contributed by atoms with Crippen LogP contribution in [0.25, 0.3) is 6.08 Å². The first-order valence-electron chi connectivity index (χ1n) is 4.88. The number of rotatable bonds is 3. The molecule has 0 fully saturated rings. The van der Waals surface area contributed by atoms with Crippen molar-refractivity contribution < 1.29 is 4.79 Å². The maximum absolute atomic E-state index is 11.7. The van der Waals surface area contributed by atoms with E-state index < -0.39 is 0 Å². The van der Waals surface area contributed by atoms with Gasteiger partial charge in [0.05, 0.1) is 5.69 Å². The number of carbonyl (C=O) groups excluding carboxylic acids is 1. The minimum Gasteiger partial charge on any atom is -0.289 e. The standard InChI is InChI=1S/C12H11N3O/c1-15-11(6-8-14-15)4-5-12(16)10-3-2-7-13-9-10/h2-9H,1H3. The van der Waals surface area contributed by atoms with Gasteiger partial charge in [0.2, 0.25) is 0 Å². The highest BCUT2D eigenvalue weighted by Crippen LogP contribution is 2.03. The molecule has 0 radical (unpaired) electrons. The molecule has 16 heavy (non-hydrogen) atoms. The Morgan fingerprint density at radius 1 is 1.38 bits per heavy atom. The van der Waals surface area contributed by atoms with Gasteiger partial charge in [0.15, 0.2) is 5.78 Å². The van der Waals surface area contributed by atoms with Crippen molar-refractivity contribution in [1.29, 1.82) is 0 Å². The molecule has 0 aliphatic carbocycles. The first-order chi connectivity index (χ1) is 7.77. The molecule has 80 valence electrons. The number of aromatic nitrogens is 3. The van der Waals surface area contributed by atoms with Crippen molar-refractivity contribution in [2.24, 2.45) is 7.05 Å². The fraction of sp³-hybridized carbons (Fsp3) is 0.0833. The molecule has 4 heteroatoms. The normalized spacial score (nSPS) is 10.8. The number of hydrogen-bond acceptors (Lipinski definition) is 3. The summed E-state index contributed by atoms with van der Waals surface area (Å²) in [5, 5.41) is 4.01. The Morgan fingerprint density at radius 2 is 2.25 bits per heavy atom. The van der Waals surface area contributed by atoms with Crippen LogP contribution in [-0.4, -0.2) is 20.5 Å². The molecule has 0 unspecified atom stereocenters.